The van der Waals surface area contributed by atoms with Crippen LogP contribution >= 0.6 is 0 Å². The van der Waals surface area contributed by atoms with Gasteiger partial charge in [0.25, 0.3) is 0 Å². The van der Waals surface area contributed by atoms with Crippen LogP contribution in [0, 0.1) is 5.41 Å². The van der Waals surface area contributed by atoms with Gasteiger partial charge >= 0.3 is 0 Å². The summed E-state index contributed by atoms with van der Waals surface area (Å²) in [5, 5.41) is 3.56. The van der Waals surface area contributed by atoms with Crippen molar-refractivity contribution in [3.05, 3.63) is 18.2 Å². The molecule has 0 bridgehead atoms. The molecule has 1 spiro atoms. The SMILES string of the molecule is Cn1cncc1C1NCC12CCCC2. The molecule has 1 aliphatic heterocycles. The molecule has 2 fully saturated rings. The number of aryl methyl sites for hydroxylation is 1. The van der Waals surface area contributed by atoms with Crippen molar-refractivity contribution in [1.29, 1.82) is 0 Å². The topological polar surface area (TPSA) is 29.9 Å². The Morgan fingerprint density at radius 2 is 2.29 bits per heavy atom. The van der Waals surface area contributed by atoms with Crippen molar-refractivity contribution in [3.8, 4) is 0 Å². The first-order valence-corrected chi connectivity index (χ1v) is 5.51. The maximum Gasteiger partial charge on any atom is 0.0946 e. The molecule has 3 heteroatoms. The van der Waals surface area contributed by atoms with Gasteiger partial charge in [0.2, 0.25) is 0 Å². The van der Waals surface area contributed by atoms with Gasteiger partial charge in [0.15, 0.2) is 0 Å². The predicted octanol–water partition coefficient (Wildman–Crippen LogP) is 1.62. The van der Waals surface area contributed by atoms with Crippen LogP contribution < -0.4 is 5.32 Å². The summed E-state index contributed by atoms with van der Waals surface area (Å²) in [5.41, 5.74) is 1.94. The maximum atomic E-state index is 4.20. The van der Waals surface area contributed by atoms with Crippen LogP contribution in [-0.2, 0) is 7.05 Å². The van der Waals surface area contributed by atoms with E-state index in [2.05, 4.69) is 21.9 Å². The summed E-state index contributed by atoms with van der Waals surface area (Å²) in [6.07, 6.45) is 9.53. The van der Waals surface area contributed by atoms with Gasteiger partial charge in [-0.3, -0.25) is 0 Å². The second-order valence-corrected chi connectivity index (χ2v) is 4.81. The molecule has 1 saturated heterocycles. The molecule has 1 aliphatic carbocycles. The lowest BCUT2D eigenvalue weighted by molar-refractivity contribution is 0.0841. The fraction of sp³-hybridized carbons (Fsp3) is 0.727. The number of aromatic nitrogens is 2. The molecule has 76 valence electrons. The van der Waals surface area contributed by atoms with Crippen LogP contribution in [0.4, 0.5) is 0 Å². The van der Waals surface area contributed by atoms with Gasteiger partial charge in [-0.05, 0) is 12.8 Å². The molecule has 14 heavy (non-hydrogen) atoms. The van der Waals surface area contributed by atoms with Gasteiger partial charge in [-0.15, -0.1) is 0 Å². The summed E-state index contributed by atoms with van der Waals surface area (Å²) in [7, 11) is 2.09. The fourth-order valence-electron chi connectivity index (χ4n) is 3.10. The summed E-state index contributed by atoms with van der Waals surface area (Å²) >= 11 is 0. The molecule has 1 atom stereocenters. The van der Waals surface area contributed by atoms with Crippen molar-refractivity contribution in [2.45, 2.75) is 31.7 Å². The lowest BCUT2D eigenvalue weighted by Gasteiger charge is -2.48. The number of imidazole rings is 1. The molecule has 3 rings (SSSR count). The quantitative estimate of drug-likeness (QED) is 0.731. The Labute approximate surface area is 84.5 Å². The lowest BCUT2D eigenvalue weighted by Crippen LogP contribution is -2.55. The van der Waals surface area contributed by atoms with Gasteiger partial charge < -0.3 is 9.88 Å². The standard InChI is InChI=1S/C11H17N3/c1-14-8-12-6-9(14)10-11(7-13-10)4-2-3-5-11/h6,8,10,13H,2-5,7H2,1H3. The van der Waals surface area contributed by atoms with Gasteiger partial charge in [0.05, 0.1) is 18.1 Å². The Bertz CT molecular complexity index is 336. The van der Waals surface area contributed by atoms with E-state index < -0.39 is 0 Å². The average molecular weight is 191 g/mol. The van der Waals surface area contributed by atoms with E-state index in [1.54, 1.807) is 0 Å². The van der Waals surface area contributed by atoms with Gasteiger partial charge in [0.1, 0.15) is 0 Å². The Kier molecular flexibility index (Phi) is 1.71. The van der Waals surface area contributed by atoms with E-state index in [4.69, 9.17) is 0 Å². The molecular formula is C11H17N3. The number of nitrogens with one attached hydrogen (secondary N) is 1. The summed E-state index contributed by atoms with van der Waals surface area (Å²) in [4.78, 5) is 4.20. The first kappa shape index (κ1) is 8.48. The second-order valence-electron chi connectivity index (χ2n) is 4.81. The molecule has 1 aromatic rings. The van der Waals surface area contributed by atoms with Crippen LogP contribution in [0.3, 0.4) is 0 Å². The van der Waals surface area contributed by atoms with Crippen molar-refractivity contribution in [3.63, 3.8) is 0 Å². The molecule has 3 nitrogen and oxygen atoms in total. The van der Waals surface area contributed by atoms with Crippen molar-refractivity contribution in [2.75, 3.05) is 6.54 Å². The normalized spacial score (nSPS) is 29.4. The van der Waals surface area contributed by atoms with Crippen molar-refractivity contribution >= 4 is 0 Å². The number of nitrogens with zero attached hydrogens (tertiary/aromatic N) is 2. The third-order valence-corrected chi connectivity index (χ3v) is 4.02. The number of hydrogen-bond acceptors (Lipinski definition) is 2. The zero-order valence-electron chi connectivity index (χ0n) is 8.66. The first-order valence-electron chi connectivity index (χ1n) is 5.51. The zero-order chi connectivity index (χ0) is 9.60. The largest absolute Gasteiger partial charge is 0.336 e. The van der Waals surface area contributed by atoms with Crippen molar-refractivity contribution in [2.24, 2.45) is 12.5 Å². The number of hydrogen-bond donors (Lipinski definition) is 1. The highest BCUT2D eigenvalue weighted by molar-refractivity contribution is 5.17. The van der Waals surface area contributed by atoms with E-state index in [9.17, 15) is 0 Å². The molecule has 0 radical (unpaired) electrons. The molecule has 1 aromatic heterocycles. The van der Waals surface area contributed by atoms with E-state index in [0.29, 0.717) is 11.5 Å². The van der Waals surface area contributed by atoms with E-state index >= 15 is 0 Å². The molecule has 0 aromatic carbocycles. The Morgan fingerprint density at radius 3 is 2.79 bits per heavy atom. The highest BCUT2D eigenvalue weighted by atomic mass is 15.1. The van der Waals surface area contributed by atoms with Gasteiger partial charge in [-0.25, -0.2) is 4.98 Å². The summed E-state index contributed by atoms with van der Waals surface area (Å²) in [5.74, 6) is 0. The molecular weight excluding hydrogens is 174 g/mol. The minimum absolute atomic E-state index is 0.567. The first-order chi connectivity index (χ1) is 6.82. The van der Waals surface area contributed by atoms with E-state index in [1.807, 2.05) is 12.5 Å². The van der Waals surface area contributed by atoms with Gasteiger partial charge in [-0.2, -0.15) is 0 Å². The Balaban J connectivity index is 1.90. The predicted molar refractivity (Wildman–Crippen MR) is 54.9 cm³/mol. The second kappa shape index (κ2) is 2.83. The van der Waals surface area contributed by atoms with Crippen LogP contribution in [0.25, 0.3) is 0 Å². The molecule has 1 N–H and O–H groups in total. The van der Waals surface area contributed by atoms with Crippen molar-refractivity contribution in [1.82, 2.24) is 14.9 Å². The maximum absolute atomic E-state index is 4.20. The molecule has 2 heterocycles. The van der Waals surface area contributed by atoms with E-state index in [1.165, 1.54) is 37.9 Å². The Hall–Kier alpha value is -0.830. The van der Waals surface area contributed by atoms with E-state index in [0.717, 1.165) is 0 Å². The Morgan fingerprint density at radius 1 is 1.50 bits per heavy atom. The number of rotatable bonds is 1. The summed E-state index contributed by atoms with van der Waals surface area (Å²) in [6, 6.07) is 0.567. The summed E-state index contributed by atoms with van der Waals surface area (Å²) < 4.78 is 2.15. The average Bonchev–Trinajstić information content (AvgIpc) is 2.75. The molecule has 2 aliphatic rings. The fourth-order valence-corrected chi connectivity index (χ4v) is 3.10. The lowest BCUT2D eigenvalue weighted by atomic mass is 9.71. The van der Waals surface area contributed by atoms with Crippen LogP contribution in [0.5, 0.6) is 0 Å². The van der Waals surface area contributed by atoms with Crippen LogP contribution in [-0.4, -0.2) is 16.1 Å². The highest BCUT2D eigenvalue weighted by Crippen LogP contribution is 2.52. The zero-order valence-corrected chi connectivity index (χ0v) is 8.66. The smallest absolute Gasteiger partial charge is 0.0946 e. The molecule has 0 amide bonds. The highest BCUT2D eigenvalue weighted by Gasteiger charge is 2.49. The minimum Gasteiger partial charge on any atom is -0.336 e. The summed E-state index contributed by atoms with van der Waals surface area (Å²) in [6.45, 7) is 1.21. The molecule has 1 saturated carbocycles. The van der Waals surface area contributed by atoms with Crippen LogP contribution in [0.2, 0.25) is 0 Å². The van der Waals surface area contributed by atoms with Crippen LogP contribution in [0.1, 0.15) is 37.4 Å². The monoisotopic (exact) mass is 191 g/mol. The van der Waals surface area contributed by atoms with E-state index in [-0.39, 0.29) is 0 Å². The van der Waals surface area contributed by atoms with Gasteiger partial charge in [-0.1, -0.05) is 12.8 Å². The minimum atomic E-state index is 0.567. The van der Waals surface area contributed by atoms with Crippen LogP contribution in [0.15, 0.2) is 12.5 Å². The third kappa shape index (κ3) is 0.989. The van der Waals surface area contributed by atoms with Crippen molar-refractivity contribution < 1.29 is 0 Å². The molecule has 1 unspecified atom stereocenters. The van der Waals surface area contributed by atoms with Gasteiger partial charge in [0, 0.05) is 25.2 Å². The third-order valence-electron chi connectivity index (χ3n) is 4.02.